The van der Waals surface area contributed by atoms with Crippen LogP contribution in [0.15, 0.2) is 30.3 Å². The number of carboxylic acid groups (broad SMARTS) is 1. The molecular weight excluding hydrogens is 598 g/mol. The fraction of sp³-hybridized carbons (Fsp3) is 0.481. The Morgan fingerprint density at radius 3 is 2.21 bits per heavy atom. The van der Waals surface area contributed by atoms with Gasteiger partial charge in [0.2, 0.25) is 0 Å². The van der Waals surface area contributed by atoms with Crippen LogP contribution in [-0.2, 0) is 16.4 Å². The molecule has 2 amide bonds. The number of urea groups is 1. The number of hydrogen-bond donors (Lipinski definition) is 3. The number of carbonyl (C=O) groups is 2. The Morgan fingerprint density at radius 2 is 1.65 bits per heavy atom. The van der Waals surface area contributed by atoms with E-state index in [2.05, 4.69) is 15.5 Å². The lowest BCUT2D eigenvalue weighted by Crippen LogP contribution is -2.52. The van der Waals surface area contributed by atoms with Crippen LogP contribution in [0.3, 0.4) is 0 Å². The van der Waals surface area contributed by atoms with Gasteiger partial charge in [-0.1, -0.05) is 12.1 Å². The number of hydrogen-bond acceptors (Lipinski definition) is 5. The lowest BCUT2D eigenvalue weighted by Gasteiger charge is -2.45. The summed E-state index contributed by atoms with van der Waals surface area (Å²) in [7, 11) is 4.76. The standard InChI is InChI=1S/C25H28F5N3O3.C2HF3O2/c1-33-12-11-24(15-7-8-18(35-2)22(36-3)21(15)27)10-9-14(13-19(24)33)31-23(34)32-17-6-4-5-16(20(17)26)25(28,29)30;3-2(4,5)1(6)7/h4-8,14,19H,9-13H2,1-3H3,(H2,31,32,34);(H,6,7)/t14-,19+,24+;/m1./s1. The van der Waals surface area contributed by atoms with Crippen LogP contribution in [0.2, 0.25) is 0 Å². The van der Waals surface area contributed by atoms with E-state index < -0.39 is 52.7 Å². The molecule has 2 aromatic carbocycles. The summed E-state index contributed by atoms with van der Waals surface area (Å²) >= 11 is 0. The second-order valence-corrected chi connectivity index (χ2v) is 10.1. The Labute approximate surface area is 240 Å². The number of likely N-dealkylation sites (N-methyl/N-ethyl adjacent to an activating group) is 1. The monoisotopic (exact) mass is 627 g/mol. The Hall–Kier alpha value is -3.82. The number of carboxylic acids is 1. The van der Waals surface area contributed by atoms with Gasteiger partial charge in [-0.05, 0) is 63.0 Å². The van der Waals surface area contributed by atoms with E-state index in [9.17, 15) is 35.5 Å². The molecule has 1 saturated carbocycles. The topological polar surface area (TPSA) is 100 Å². The van der Waals surface area contributed by atoms with Crippen molar-refractivity contribution >= 4 is 17.7 Å². The van der Waals surface area contributed by atoms with E-state index >= 15 is 4.39 Å². The third-order valence-corrected chi connectivity index (χ3v) is 7.68. The lowest BCUT2D eigenvalue weighted by molar-refractivity contribution is -0.192. The molecule has 4 rings (SSSR count). The van der Waals surface area contributed by atoms with Crippen LogP contribution < -0.4 is 20.1 Å². The number of amides is 2. The van der Waals surface area contributed by atoms with Crippen molar-refractivity contribution in [1.29, 1.82) is 0 Å². The Morgan fingerprint density at radius 1 is 1.00 bits per heavy atom. The van der Waals surface area contributed by atoms with E-state index in [4.69, 9.17) is 19.4 Å². The van der Waals surface area contributed by atoms with Gasteiger partial charge in [0.05, 0.1) is 25.5 Å². The number of likely N-dealkylation sites (tertiary alicyclic amines) is 1. The van der Waals surface area contributed by atoms with Crippen molar-refractivity contribution in [3.05, 3.63) is 53.1 Å². The van der Waals surface area contributed by atoms with E-state index in [0.717, 1.165) is 25.1 Å². The molecular formula is C27H29F8N3O5. The first kappa shape index (κ1) is 33.7. The first-order valence-electron chi connectivity index (χ1n) is 12.8. The van der Waals surface area contributed by atoms with Crippen LogP contribution in [0, 0.1) is 11.6 Å². The Balaban J connectivity index is 0.000000646. The van der Waals surface area contributed by atoms with Crippen LogP contribution in [0.1, 0.15) is 36.8 Å². The van der Waals surface area contributed by atoms with Gasteiger partial charge in [-0.3, -0.25) is 0 Å². The predicted octanol–water partition coefficient (Wildman–Crippen LogP) is 5.95. The van der Waals surface area contributed by atoms with E-state index in [1.165, 1.54) is 14.2 Å². The molecule has 1 saturated heterocycles. The molecule has 8 nitrogen and oxygen atoms in total. The molecule has 0 radical (unpaired) electrons. The largest absolute Gasteiger partial charge is 0.493 e. The van der Waals surface area contributed by atoms with Crippen LogP contribution in [-0.4, -0.2) is 68.1 Å². The highest BCUT2D eigenvalue weighted by atomic mass is 19.4. The lowest BCUT2D eigenvalue weighted by atomic mass is 9.65. The number of aliphatic carboxylic acids is 1. The normalized spacial score (nSPS) is 22.1. The Bertz CT molecular complexity index is 1340. The van der Waals surface area contributed by atoms with Crippen molar-refractivity contribution in [1.82, 2.24) is 10.2 Å². The highest BCUT2D eigenvalue weighted by Gasteiger charge is 2.52. The minimum absolute atomic E-state index is 0.0421. The van der Waals surface area contributed by atoms with Crippen LogP contribution in [0.5, 0.6) is 11.5 Å². The number of fused-ring (bicyclic) bond motifs is 1. The SMILES string of the molecule is COc1ccc([C@@]23CC[C@@H](NC(=O)Nc4cccc(C(F)(F)F)c4F)C[C@@H]2N(C)CC3)c(F)c1OC.O=C(O)C(F)(F)F. The summed E-state index contributed by atoms with van der Waals surface area (Å²) in [5, 5.41) is 12.1. The van der Waals surface area contributed by atoms with Gasteiger partial charge in [-0.15, -0.1) is 0 Å². The van der Waals surface area contributed by atoms with E-state index in [-0.39, 0.29) is 17.8 Å². The zero-order valence-corrected chi connectivity index (χ0v) is 23.1. The number of nitrogens with one attached hydrogen (secondary N) is 2. The third-order valence-electron chi connectivity index (χ3n) is 7.68. The molecule has 0 spiro atoms. The van der Waals surface area contributed by atoms with Gasteiger partial charge in [0.25, 0.3) is 0 Å². The van der Waals surface area contributed by atoms with Crippen molar-refractivity contribution < 1.29 is 59.3 Å². The van der Waals surface area contributed by atoms with Crippen molar-refractivity contribution in [2.75, 3.05) is 33.1 Å². The maximum atomic E-state index is 15.6. The molecule has 0 aromatic heterocycles. The van der Waals surface area contributed by atoms with Gasteiger partial charge in [0.15, 0.2) is 23.1 Å². The summed E-state index contributed by atoms with van der Waals surface area (Å²) in [6, 6.07) is 4.88. The summed E-state index contributed by atoms with van der Waals surface area (Å²) in [6.45, 7) is 0.729. The fourth-order valence-electron chi connectivity index (χ4n) is 5.68. The minimum atomic E-state index is -5.08. The number of ether oxygens (including phenoxy) is 2. The van der Waals surface area contributed by atoms with Crippen molar-refractivity contribution in [2.45, 2.75) is 55.5 Å². The van der Waals surface area contributed by atoms with Gasteiger partial charge in [0, 0.05) is 17.5 Å². The van der Waals surface area contributed by atoms with Crippen molar-refractivity contribution in [2.24, 2.45) is 0 Å². The highest BCUT2D eigenvalue weighted by Crippen LogP contribution is 2.51. The molecule has 2 aromatic rings. The fourth-order valence-corrected chi connectivity index (χ4v) is 5.68. The second kappa shape index (κ2) is 12.8. The Kier molecular flexibility index (Phi) is 10.0. The maximum absolute atomic E-state index is 15.6. The van der Waals surface area contributed by atoms with Crippen LogP contribution >= 0.6 is 0 Å². The molecule has 238 valence electrons. The molecule has 2 fully saturated rings. The van der Waals surface area contributed by atoms with Crippen LogP contribution in [0.25, 0.3) is 0 Å². The summed E-state index contributed by atoms with van der Waals surface area (Å²) in [5.74, 6) is -4.43. The zero-order chi connectivity index (χ0) is 32.3. The summed E-state index contributed by atoms with van der Waals surface area (Å²) < 4.78 is 111. The first-order valence-corrected chi connectivity index (χ1v) is 12.8. The molecule has 1 aliphatic carbocycles. The van der Waals surface area contributed by atoms with Crippen LogP contribution in [0.4, 0.5) is 45.6 Å². The number of methoxy groups -OCH3 is 2. The van der Waals surface area contributed by atoms with Gasteiger partial charge in [-0.25, -0.2) is 18.4 Å². The predicted molar refractivity (Wildman–Crippen MR) is 137 cm³/mol. The van der Waals surface area contributed by atoms with Gasteiger partial charge in [-0.2, -0.15) is 26.3 Å². The van der Waals surface area contributed by atoms with Crippen molar-refractivity contribution in [3.63, 3.8) is 0 Å². The average Bonchev–Trinajstić information content (AvgIpc) is 3.25. The van der Waals surface area contributed by atoms with E-state index in [0.29, 0.717) is 36.6 Å². The van der Waals surface area contributed by atoms with Crippen molar-refractivity contribution in [3.8, 4) is 11.5 Å². The van der Waals surface area contributed by atoms with E-state index in [1.54, 1.807) is 12.1 Å². The quantitative estimate of drug-likeness (QED) is 0.355. The molecule has 1 aliphatic heterocycles. The number of rotatable bonds is 5. The third kappa shape index (κ3) is 7.22. The highest BCUT2D eigenvalue weighted by molar-refractivity contribution is 5.89. The molecule has 0 bridgehead atoms. The molecule has 2 aliphatic rings. The number of halogens is 8. The molecule has 3 atom stereocenters. The maximum Gasteiger partial charge on any atom is 0.490 e. The summed E-state index contributed by atoms with van der Waals surface area (Å²) in [5.41, 5.74) is -1.98. The number of alkyl halides is 6. The number of anilines is 1. The summed E-state index contributed by atoms with van der Waals surface area (Å²) in [4.78, 5) is 23.6. The minimum Gasteiger partial charge on any atom is -0.493 e. The second-order valence-electron chi connectivity index (χ2n) is 10.1. The van der Waals surface area contributed by atoms with Gasteiger partial charge >= 0.3 is 24.4 Å². The van der Waals surface area contributed by atoms with Gasteiger partial charge in [0.1, 0.15) is 0 Å². The zero-order valence-electron chi connectivity index (χ0n) is 23.1. The first-order chi connectivity index (χ1) is 20.0. The number of benzene rings is 2. The van der Waals surface area contributed by atoms with E-state index in [1.807, 2.05) is 7.05 Å². The number of carbonyl (C=O) groups excluding carboxylic acids is 1. The molecule has 0 unspecified atom stereocenters. The molecule has 1 heterocycles. The van der Waals surface area contributed by atoms with Gasteiger partial charge < -0.3 is 30.1 Å². The summed E-state index contributed by atoms with van der Waals surface area (Å²) in [6.07, 6.45) is -7.68. The molecule has 16 heteroatoms. The smallest absolute Gasteiger partial charge is 0.490 e. The molecule has 3 N–H and O–H groups in total. The average molecular weight is 628 g/mol. The number of nitrogens with zero attached hydrogens (tertiary/aromatic N) is 1. The molecule has 43 heavy (non-hydrogen) atoms.